The maximum atomic E-state index is 9.45. The minimum Gasteiger partial charge on any atom is -0.395 e. The molecule has 1 heterocycles. The molecule has 3 atom stereocenters. The molecule has 1 aromatic carbocycles. The highest BCUT2D eigenvalue weighted by atomic mass is 16.5. The number of aliphatic hydroxyl groups is 1. The summed E-state index contributed by atoms with van der Waals surface area (Å²) in [5.74, 6) is 0.467. The SMILES string of the molecule is CNC(c1ccccc1)C(C)CN1CCOCC1CO. The molecule has 4 heteroatoms. The van der Waals surface area contributed by atoms with Crippen molar-refractivity contribution in [3.8, 4) is 0 Å². The first-order valence-corrected chi connectivity index (χ1v) is 7.41. The average Bonchev–Trinajstić information content (AvgIpc) is 2.49. The van der Waals surface area contributed by atoms with Crippen molar-refractivity contribution in [3.05, 3.63) is 35.9 Å². The van der Waals surface area contributed by atoms with Gasteiger partial charge >= 0.3 is 0 Å². The first-order chi connectivity index (χ1) is 9.76. The standard InChI is InChI=1S/C16H26N2O2/c1-13(10-18-8-9-20-12-15(18)11-19)16(17-2)14-6-4-3-5-7-14/h3-7,13,15-17,19H,8-12H2,1-2H3. The Labute approximate surface area is 121 Å². The number of aliphatic hydroxyl groups excluding tert-OH is 1. The van der Waals surface area contributed by atoms with Crippen LogP contribution in [0.15, 0.2) is 30.3 Å². The third kappa shape index (κ3) is 3.79. The fourth-order valence-corrected chi connectivity index (χ4v) is 3.01. The summed E-state index contributed by atoms with van der Waals surface area (Å²) in [5.41, 5.74) is 1.32. The van der Waals surface area contributed by atoms with E-state index < -0.39 is 0 Å². The van der Waals surface area contributed by atoms with Crippen LogP contribution >= 0.6 is 0 Å². The molecule has 0 bridgehead atoms. The van der Waals surface area contributed by atoms with Gasteiger partial charge in [0.05, 0.1) is 25.9 Å². The van der Waals surface area contributed by atoms with Crippen LogP contribution in [-0.4, -0.2) is 56.0 Å². The summed E-state index contributed by atoms with van der Waals surface area (Å²) in [4.78, 5) is 2.35. The molecule has 1 fully saturated rings. The van der Waals surface area contributed by atoms with Gasteiger partial charge in [-0.05, 0) is 18.5 Å². The van der Waals surface area contributed by atoms with E-state index in [-0.39, 0.29) is 12.6 Å². The van der Waals surface area contributed by atoms with Gasteiger partial charge < -0.3 is 15.2 Å². The lowest BCUT2D eigenvalue weighted by atomic mass is 9.93. The summed E-state index contributed by atoms with van der Waals surface area (Å²) in [7, 11) is 2.01. The predicted molar refractivity (Wildman–Crippen MR) is 80.7 cm³/mol. The van der Waals surface area contributed by atoms with E-state index in [2.05, 4.69) is 41.4 Å². The van der Waals surface area contributed by atoms with Gasteiger partial charge in [-0.3, -0.25) is 4.90 Å². The number of ether oxygens (including phenoxy) is 1. The van der Waals surface area contributed by atoms with Crippen LogP contribution in [0.1, 0.15) is 18.5 Å². The van der Waals surface area contributed by atoms with Crippen LogP contribution in [0.5, 0.6) is 0 Å². The van der Waals surface area contributed by atoms with Gasteiger partial charge in [-0.15, -0.1) is 0 Å². The molecular weight excluding hydrogens is 252 g/mol. The Morgan fingerprint density at radius 1 is 1.40 bits per heavy atom. The van der Waals surface area contributed by atoms with Gasteiger partial charge in [-0.2, -0.15) is 0 Å². The molecule has 1 aliphatic heterocycles. The first-order valence-electron chi connectivity index (χ1n) is 7.41. The molecular formula is C16H26N2O2. The van der Waals surface area contributed by atoms with Crippen molar-refractivity contribution in [1.29, 1.82) is 0 Å². The Bertz CT molecular complexity index is 385. The second-order valence-electron chi connectivity index (χ2n) is 5.56. The fraction of sp³-hybridized carbons (Fsp3) is 0.625. The van der Waals surface area contributed by atoms with Crippen molar-refractivity contribution in [2.45, 2.75) is 19.0 Å². The fourth-order valence-electron chi connectivity index (χ4n) is 3.01. The molecule has 2 N–H and O–H groups in total. The van der Waals surface area contributed by atoms with Gasteiger partial charge in [0.1, 0.15) is 0 Å². The molecule has 112 valence electrons. The zero-order chi connectivity index (χ0) is 14.4. The van der Waals surface area contributed by atoms with Gasteiger partial charge in [0, 0.05) is 19.1 Å². The van der Waals surface area contributed by atoms with Crippen molar-refractivity contribution in [1.82, 2.24) is 10.2 Å². The zero-order valence-corrected chi connectivity index (χ0v) is 12.5. The molecule has 0 amide bonds. The number of hydrogen-bond donors (Lipinski definition) is 2. The molecule has 20 heavy (non-hydrogen) atoms. The minimum absolute atomic E-state index is 0.138. The summed E-state index contributed by atoms with van der Waals surface area (Å²) < 4.78 is 5.44. The first kappa shape index (κ1) is 15.4. The quantitative estimate of drug-likeness (QED) is 0.823. The maximum absolute atomic E-state index is 9.45. The van der Waals surface area contributed by atoms with Crippen molar-refractivity contribution >= 4 is 0 Å². The van der Waals surface area contributed by atoms with Crippen molar-refractivity contribution in [3.63, 3.8) is 0 Å². The van der Waals surface area contributed by atoms with E-state index in [1.807, 2.05) is 13.1 Å². The Morgan fingerprint density at radius 2 is 2.15 bits per heavy atom. The van der Waals surface area contributed by atoms with Crippen molar-refractivity contribution in [2.24, 2.45) is 5.92 Å². The molecule has 0 radical (unpaired) electrons. The van der Waals surface area contributed by atoms with E-state index in [0.717, 1.165) is 19.7 Å². The third-order valence-electron chi connectivity index (χ3n) is 4.12. The Hall–Kier alpha value is -0.940. The Kier molecular flexibility index (Phi) is 5.98. The normalized spacial score (nSPS) is 23.4. The number of benzene rings is 1. The molecule has 0 spiro atoms. The van der Waals surface area contributed by atoms with E-state index >= 15 is 0 Å². The number of hydrogen-bond acceptors (Lipinski definition) is 4. The van der Waals surface area contributed by atoms with E-state index in [0.29, 0.717) is 18.6 Å². The number of nitrogens with one attached hydrogen (secondary N) is 1. The summed E-state index contributed by atoms with van der Waals surface area (Å²) in [6.07, 6.45) is 0. The molecule has 0 aliphatic carbocycles. The number of morpholine rings is 1. The van der Waals surface area contributed by atoms with E-state index in [9.17, 15) is 5.11 Å². The lowest BCUT2D eigenvalue weighted by molar-refractivity contribution is -0.0343. The summed E-state index contributed by atoms with van der Waals surface area (Å²) in [5, 5.41) is 12.9. The Balaban J connectivity index is 2.00. The second kappa shape index (κ2) is 7.74. The van der Waals surface area contributed by atoms with Gasteiger partial charge in [0.15, 0.2) is 0 Å². The maximum Gasteiger partial charge on any atom is 0.0644 e. The molecule has 1 aromatic rings. The van der Waals surface area contributed by atoms with Crippen LogP contribution in [0.2, 0.25) is 0 Å². The molecule has 1 aliphatic rings. The molecule has 0 aromatic heterocycles. The monoisotopic (exact) mass is 278 g/mol. The average molecular weight is 278 g/mol. The summed E-state index contributed by atoms with van der Waals surface area (Å²) in [6, 6.07) is 11.0. The lowest BCUT2D eigenvalue weighted by Crippen LogP contribution is -2.50. The predicted octanol–water partition coefficient (Wildman–Crippen LogP) is 1.28. The Morgan fingerprint density at radius 3 is 2.80 bits per heavy atom. The van der Waals surface area contributed by atoms with Crippen LogP contribution in [-0.2, 0) is 4.74 Å². The van der Waals surface area contributed by atoms with Crippen LogP contribution in [0.25, 0.3) is 0 Å². The van der Waals surface area contributed by atoms with Gasteiger partial charge in [-0.25, -0.2) is 0 Å². The highest BCUT2D eigenvalue weighted by Gasteiger charge is 2.26. The molecule has 0 saturated carbocycles. The summed E-state index contributed by atoms with van der Waals surface area (Å²) in [6.45, 7) is 5.70. The highest BCUT2D eigenvalue weighted by molar-refractivity contribution is 5.19. The van der Waals surface area contributed by atoms with Gasteiger partial charge in [0.2, 0.25) is 0 Å². The van der Waals surface area contributed by atoms with Crippen LogP contribution in [0.4, 0.5) is 0 Å². The molecule has 4 nitrogen and oxygen atoms in total. The highest BCUT2D eigenvalue weighted by Crippen LogP contribution is 2.23. The van der Waals surface area contributed by atoms with E-state index in [1.54, 1.807) is 0 Å². The molecule has 1 saturated heterocycles. The van der Waals surface area contributed by atoms with Gasteiger partial charge in [-0.1, -0.05) is 37.3 Å². The topological polar surface area (TPSA) is 44.7 Å². The zero-order valence-electron chi connectivity index (χ0n) is 12.5. The van der Waals surface area contributed by atoms with E-state index in [4.69, 9.17) is 4.74 Å². The smallest absolute Gasteiger partial charge is 0.0644 e. The largest absolute Gasteiger partial charge is 0.395 e. The van der Waals surface area contributed by atoms with Crippen LogP contribution < -0.4 is 5.32 Å². The van der Waals surface area contributed by atoms with Gasteiger partial charge in [0.25, 0.3) is 0 Å². The molecule has 3 unspecified atom stereocenters. The van der Waals surface area contributed by atoms with Crippen LogP contribution in [0.3, 0.4) is 0 Å². The third-order valence-corrected chi connectivity index (χ3v) is 4.12. The van der Waals surface area contributed by atoms with Crippen molar-refractivity contribution < 1.29 is 9.84 Å². The van der Waals surface area contributed by atoms with Crippen LogP contribution in [0, 0.1) is 5.92 Å². The van der Waals surface area contributed by atoms with Crippen molar-refractivity contribution in [2.75, 3.05) is 40.0 Å². The van der Waals surface area contributed by atoms with E-state index in [1.165, 1.54) is 5.56 Å². The molecule has 2 rings (SSSR count). The minimum atomic E-state index is 0.138. The number of rotatable bonds is 6. The summed E-state index contributed by atoms with van der Waals surface area (Å²) >= 11 is 0. The lowest BCUT2D eigenvalue weighted by Gasteiger charge is -2.37. The number of nitrogens with zero attached hydrogens (tertiary/aromatic N) is 1. The second-order valence-corrected chi connectivity index (χ2v) is 5.56.